The third-order valence-corrected chi connectivity index (χ3v) is 5.97. The maximum atomic E-state index is 12.8. The van der Waals surface area contributed by atoms with E-state index in [4.69, 9.17) is 9.72 Å². The molecule has 2 heterocycles. The Kier molecular flexibility index (Phi) is 6.77. The second-order valence-corrected chi connectivity index (χ2v) is 8.46. The fourth-order valence-electron chi connectivity index (χ4n) is 4.21. The van der Waals surface area contributed by atoms with E-state index in [-0.39, 0.29) is 6.03 Å². The van der Waals surface area contributed by atoms with Crippen LogP contribution in [0.2, 0.25) is 0 Å². The Balaban J connectivity index is 1.45. The van der Waals surface area contributed by atoms with Gasteiger partial charge in [0.15, 0.2) is 0 Å². The summed E-state index contributed by atoms with van der Waals surface area (Å²) < 4.78 is 5.17. The topological polar surface area (TPSA) is 70.6 Å². The molecule has 2 aromatic carbocycles. The molecule has 1 saturated heterocycles. The van der Waals surface area contributed by atoms with Gasteiger partial charge >= 0.3 is 6.03 Å². The first-order chi connectivity index (χ1) is 15.9. The molecule has 1 aliphatic heterocycles. The van der Waals surface area contributed by atoms with Gasteiger partial charge in [0.1, 0.15) is 17.4 Å². The number of anilines is 2. The maximum absolute atomic E-state index is 12.8. The van der Waals surface area contributed by atoms with Crippen molar-refractivity contribution >= 4 is 17.5 Å². The molecular weight excluding hydrogens is 414 g/mol. The minimum absolute atomic E-state index is 0.0881. The third-order valence-electron chi connectivity index (χ3n) is 5.97. The van der Waals surface area contributed by atoms with Crippen LogP contribution in [0.3, 0.4) is 0 Å². The molecule has 7 nitrogen and oxygen atoms in total. The van der Waals surface area contributed by atoms with E-state index in [0.717, 1.165) is 53.8 Å². The third kappa shape index (κ3) is 5.42. The van der Waals surface area contributed by atoms with E-state index in [0.29, 0.717) is 13.1 Å². The number of aryl methyl sites for hydroxylation is 3. The van der Waals surface area contributed by atoms with Crippen LogP contribution in [0.25, 0.3) is 0 Å². The quantitative estimate of drug-likeness (QED) is 0.632. The van der Waals surface area contributed by atoms with Gasteiger partial charge in [0.25, 0.3) is 0 Å². The van der Waals surface area contributed by atoms with Crippen molar-refractivity contribution in [2.75, 3.05) is 43.5 Å². The summed E-state index contributed by atoms with van der Waals surface area (Å²) in [6, 6.07) is 15.8. The first-order valence-corrected chi connectivity index (χ1v) is 11.3. The summed E-state index contributed by atoms with van der Waals surface area (Å²) in [6.45, 7) is 8.83. The largest absolute Gasteiger partial charge is 0.497 e. The van der Waals surface area contributed by atoms with E-state index in [2.05, 4.69) is 53.3 Å². The van der Waals surface area contributed by atoms with Crippen molar-refractivity contribution in [3.63, 3.8) is 0 Å². The number of carbonyl (C=O) groups is 1. The zero-order valence-electron chi connectivity index (χ0n) is 19.8. The molecule has 4 rings (SSSR count). The van der Waals surface area contributed by atoms with Crippen molar-refractivity contribution in [1.29, 1.82) is 0 Å². The summed E-state index contributed by atoms with van der Waals surface area (Å²) >= 11 is 0. The summed E-state index contributed by atoms with van der Waals surface area (Å²) in [5, 5.41) is 2.97. The Morgan fingerprint density at radius 1 is 1.00 bits per heavy atom. The molecule has 0 aliphatic carbocycles. The highest BCUT2D eigenvalue weighted by Gasteiger charge is 2.25. The molecule has 0 radical (unpaired) electrons. The molecule has 3 aromatic rings. The number of amides is 2. The van der Waals surface area contributed by atoms with E-state index < -0.39 is 0 Å². The van der Waals surface area contributed by atoms with Gasteiger partial charge in [-0.15, -0.1) is 0 Å². The van der Waals surface area contributed by atoms with Gasteiger partial charge in [-0.2, -0.15) is 0 Å². The minimum Gasteiger partial charge on any atom is -0.497 e. The Bertz CT molecular complexity index is 1120. The van der Waals surface area contributed by atoms with Crippen molar-refractivity contribution in [3.8, 4) is 5.75 Å². The van der Waals surface area contributed by atoms with Crippen molar-refractivity contribution in [3.05, 3.63) is 76.7 Å². The molecule has 1 aromatic heterocycles. The highest BCUT2D eigenvalue weighted by atomic mass is 16.5. The molecule has 172 valence electrons. The Morgan fingerprint density at radius 2 is 1.73 bits per heavy atom. The number of benzene rings is 2. The maximum Gasteiger partial charge on any atom is 0.321 e. The van der Waals surface area contributed by atoms with E-state index >= 15 is 0 Å². The number of ether oxygens (including phenoxy) is 1. The van der Waals surface area contributed by atoms with Crippen LogP contribution in [0, 0.1) is 20.8 Å². The van der Waals surface area contributed by atoms with Gasteiger partial charge in [0.2, 0.25) is 0 Å². The number of hydrogen-bond acceptors (Lipinski definition) is 5. The van der Waals surface area contributed by atoms with Gasteiger partial charge in [-0.25, -0.2) is 14.8 Å². The number of nitrogens with zero attached hydrogens (tertiary/aromatic N) is 4. The highest BCUT2D eigenvalue weighted by molar-refractivity contribution is 5.89. The van der Waals surface area contributed by atoms with Gasteiger partial charge in [-0.3, -0.25) is 0 Å². The highest BCUT2D eigenvalue weighted by Crippen LogP contribution is 2.26. The van der Waals surface area contributed by atoms with Crippen LogP contribution >= 0.6 is 0 Å². The molecule has 7 heteroatoms. The summed E-state index contributed by atoms with van der Waals surface area (Å²) in [4.78, 5) is 26.3. The molecule has 0 unspecified atom stereocenters. The van der Waals surface area contributed by atoms with E-state index in [9.17, 15) is 4.79 Å². The van der Waals surface area contributed by atoms with Crippen molar-refractivity contribution in [2.45, 2.75) is 27.2 Å². The molecule has 0 atom stereocenters. The Morgan fingerprint density at radius 3 is 2.39 bits per heavy atom. The number of aromatic nitrogens is 2. The zero-order chi connectivity index (χ0) is 23.4. The summed E-state index contributed by atoms with van der Waals surface area (Å²) in [7, 11) is 1.63. The average Bonchev–Trinajstić information content (AvgIpc) is 2.81. The predicted molar refractivity (Wildman–Crippen MR) is 131 cm³/mol. The first kappa shape index (κ1) is 22.6. The smallest absolute Gasteiger partial charge is 0.321 e. The molecule has 0 saturated carbocycles. The lowest BCUT2D eigenvalue weighted by Crippen LogP contribution is -2.50. The lowest BCUT2D eigenvalue weighted by Gasteiger charge is -2.36. The molecule has 1 fully saturated rings. The SMILES string of the molecule is COc1ccc(NC(=O)N2CCN(c3nc(C)nc(C)c3Cc3cccc(C)c3)CC2)cc1. The van der Waals surface area contributed by atoms with Crippen molar-refractivity contribution in [1.82, 2.24) is 14.9 Å². The molecule has 1 N–H and O–H groups in total. The summed E-state index contributed by atoms with van der Waals surface area (Å²) in [6.07, 6.45) is 0.793. The van der Waals surface area contributed by atoms with Gasteiger partial charge in [0, 0.05) is 49.5 Å². The predicted octanol–water partition coefficient (Wildman–Crippen LogP) is 4.36. The minimum atomic E-state index is -0.0881. The number of urea groups is 1. The van der Waals surface area contributed by atoms with Crippen LogP contribution in [0.1, 0.15) is 28.2 Å². The molecule has 1 aliphatic rings. The van der Waals surface area contributed by atoms with Crippen LogP contribution in [0.15, 0.2) is 48.5 Å². The number of methoxy groups -OCH3 is 1. The van der Waals surface area contributed by atoms with Gasteiger partial charge in [-0.1, -0.05) is 29.8 Å². The number of nitrogens with one attached hydrogen (secondary N) is 1. The molecule has 0 bridgehead atoms. The van der Waals surface area contributed by atoms with Gasteiger partial charge < -0.3 is 19.9 Å². The van der Waals surface area contributed by atoms with Gasteiger partial charge in [0.05, 0.1) is 7.11 Å². The standard InChI is InChI=1S/C26H31N5O2/c1-18-6-5-7-21(16-18)17-24-19(2)27-20(3)28-25(24)30-12-14-31(15-13-30)26(32)29-22-8-10-23(33-4)11-9-22/h5-11,16H,12-15,17H2,1-4H3,(H,29,32). The molecule has 2 amide bonds. The fraction of sp³-hybridized carbons (Fsp3) is 0.346. The monoisotopic (exact) mass is 445 g/mol. The zero-order valence-corrected chi connectivity index (χ0v) is 19.8. The van der Waals surface area contributed by atoms with Gasteiger partial charge in [-0.05, 0) is 50.6 Å². The molecule has 33 heavy (non-hydrogen) atoms. The number of piperazine rings is 1. The lowest BCUT2D eigenvalue weighted by atomic mass is 10.0. The van der Waals surface area contributed by atoms with Crippen molar-refractivity contribution < 1.29 is 9.53 Å². The lowest BCUT2D eigenvalue weighted by molar-refractivity contribution is 0.208. The van der Waals surface area contributed by atoms with E-state index in [1.807, 2.05) is 36.1 Å². The normalized spacial score (nSPS) is 13.7. The first-order valence-electron chi connectivity index (χ1n) is 11.3. The number of rotatable bonds is 5. The second kappa shape index (κ2) is 9.90. The molecule has 0 spiro atoms. The molecular formula is C26H31N5O2. The van der Waals surface area contributed by atoms with Crippen LogP contribution < -0.4 is 15.0 Å². The second-order valence-electron chi connectivity index (χ2n) is 8.46. The number of carbonyl (C=O) groups excluding carboxylic acids is 1. The number of hydrogen-bond donors (Lipinski definition) is 1. The van der Waals surface area contributed by atoms with E-state index in [1.165, 1.54) is 11.1 Å². The van der Waals surface area contributed by atoms with Crippen LogP contribution in [0.5, 0.6) is 5.75 Å². The fourth-order valence-corrected chi connectivity index (χ4v) is 4.21. The van der Waals surface area contributed by atoms with Crippen LogP contribution in [-0.4, -0.2) is 54.2 Å². The average molecular weight is 446 g/mol. The Hall–Kier alpha value is -3.61. The van der Waals surface area contributed by atoms with E-state index in [1.54, 1.807) is 7.11 Å². The summed E-state index contributed by atoms with van der Waals surface area (Å²) in [5.41, 5.74) is 5.42. The Labute approximate surface area is 195 Å². The summed E-state index contributed by atoms with van der Waals surface area (Å²) in [5.74, 6) is 2.52. The van der Waals surface area contributed by atoms with Crippen molar-refractivity contribution in [2.24, 2.45) is 0 Å². The van der Waals surface area contributed by atoms with Crippen LogP contribution in [-0.2, 0) is 6.42 Å². The van der Waals surface area contributed by atoms with Crippen LogP contribution in [0.4, 0.5) is 16.3 Å².